The zero-order chi connectivity index (χ0) is 9.14. The third-order valence-corrected chi connectivity index (χ3v) is 1.84. The molecule has 0 saturated heterocycles. The quantitative estimate of drug-likeness (QED) is 0.747. The first-order valence-electron chi connectivity index (χ1n) is 4.39. The van der Waals surface area contributed by atoms with Gasteiger partial charge < -0.3 is 9.73 Å². The summed E-state index contributed by atoms with van der Waals surface area (Å²) in [6.45, 7) is 9.17. The van der Waals surface area contributed by atoms with Gasteiger partial charge in [-0.25, -0.2) is 0 Å². The van der Waals surface area contributed by atoms with Crippen molar-refractivity contribution < 1.29 is 4.42 Å². The van der Waals surface area contributed by atoms with Crippen LogP contribution in [0.1, 0.15) is 30.9 Å². The zero-order valence-corrected chi connectivity index (χ0v) is 8.27. The molecule has 2 nitrogen and oxygen atoms in total. The first kappa shape index (κ1) is 9.33. The Labute approximate surface area is 74.0 Å². The van der Waals surface area contributed by atoms with Crippen LogP contribution in [0.3, 0.4) is 0 Å². The summed E-state index contributed by atoms with van der Waals surface area (Å²) in [7, 11) is 0. The first-order valence-corrected chi connectivity index (χ1v) is 4.39. The van der Waals surface area contributed by atoms with Crippen LogP contribution in [0.15, 0.2) is 10.5 Å². The Morgan fingerprint density at radius 1 is 1.42 bits per heavy atom. The van der Waals surface area contributed by atoms with Crippen molar-refractivity contribution in [3.05, 3.63) is 23.2 Å². The molecule has 0 aliphatic carbocycles. The third-order valence-electron chi connectivity index (χ3n) is 1.84. The summed E-state index contributed by atoms with van der Waals surface area (Å²) in [5.74, 6) is 2.02. The van der Waals surface area contributed by atoms with E-state index in [2.05, 4.69) is 25.2 Å². The molecule has 1 rings (SSSR count). The van der Waals surface area contributed by atoms with Crippen LogP contribution in [0, 0.1) is 13.8 Å². The van der Waals surface area contributed by atoms with E-state index < -0.39 is 0 Å². The van der Waals surface area contributed by atoms with Crippen molar-refractivity contribution in [3.63, 3.8) is 0 Å². The minimum atomic E-state index is 0.527. The highest BCUT2D eigenvalue weighted by molar-refractivity contribution is 5.19. The van der Waals surface area contributed by atoms with E-state index in [4.69, 9.17) is 4.42 Å². The van der Waals surface area contributed by atoms with Crippen molar-refractivity contribution >= 4 is 0 Å². The molecule has 1 heterocycles. The maximum Gasteiger partial charge on any atom is 0.105 e. The van der Waals surface area contributed by atoms with Crippen LogP contribution in [0.4, 0.5) is 0 Å². The standard InChI is InChI=1S/C10H17NO/c1-7(2)11-6-10-5-8(3)12-9(10)4/h5,7,11H,6H2,1-4H3. The highest BCUT2D eigenvalue weighted by atomic mass is 16.3. The van der Waals surface area contributed by atoms with Crippen LogP contribution >= 0.6 is 0 Å². The Morgan fingerprint density at radius 2 is 2.08 bits per heavy atom. The van der Waals surface area contributed by atoms with Gasteiger partial charge in [-0.05, 0) is 19.9 Å². The monoisotopic (exact) mass is 167 g/mol. The fourth-order valence-electron chi connectivity index (χ4n) is 1.17. The predicted octanol–water partition coefficient (Wildman–Crippen LogP) is 2.39. The second-order valence-electron chi connectivity index (χ2n) is 3.47. The van der Waals surface area contributed by atoms with Gasteiger partial charge >= 0.3 is 0 Å². The van der Waals surface area contributed by atoms with Crippen LogP contribution in [0.25, 0.3) is 0 Å². The minimum Gasteiger partial charge on any atom is -0.466 e. The molecule has 1 aromatic heterocycles. The largest absolute Gasteiger partial charge is 0.466 e. The normalized spacial score (nSPS) is 11.1. The predicted molar refractivity (Wildman–Crippen MR) is 50.2 cm³/mol. The lowest BCUT2D eigenvalue weighted by Crippen LogP contribution is -2.21. The third kappa shape index (κ3) is 2.38. The van der Waals surface area contributed by atoms with Gasteiger partial charge in [0.2, 0.25) is 0 Å². The second kappa shape index (κ2) is 3.76. The molecular weight excluding hydrogens is 150 g/mol. The number of furan rings is 1. The van der Waals surface area contributed by atoms with Gasteiger partial charge in [0.1, 0.15) is 11.5 Å². The molecule has 1 N–H and O–H groups in total. The number of hydrogen-bond acceptors (Lipinski definition) is 2. The van der Waals surface area contributed by atoms with Crippen molar-refractivity contribution in [2.45, 2.75) is 40.3 Å². The molecule has 0 amide bonds. The van der Waals surface area contributed by atoms with Gasteiger partial charge in [-0.1, -0.05) is 13.8 Å². The Bertz CT molecular complexity index is 250. The van der Waals surface area contributed by atoms with Crippen LogP contribution in [-0.2, 0) is 6.54 Å². The van der Waals surface area contributed by atoms with Crippen molar-refractivity contribution in [2.75, 3.05) is 0 Å². The number of nitrogens with one attached hydrogen (secondary N) is 1. The van der Waals surface area contributed by atoms with E-state index in [1.54, 1.807) is 0 Å². The van der Waals surface area contributed by atoms with E-state index in [9.17, 15) is 0 Å². The lowest BCUT2D eigenvalue weighted by Gasteiger charge is -2.05. The Morgan fingerprint density at radius 3 is 2.50 bits per heavy atom. The number of rotatable bonds is 3. The number of aryl methyl sites for hydroxylation is 2. The van der Waals surface area contributed by atoms with E-state index in [0.717, 1.165) is 18.1 Å². The summed E-state index contributed by atoms with van der Waals surface area (Å²) in [6.07, 6.45) is 0. The van der Waals surface area contributed by atoms with Gasteiger partial charge in [-0.3, -0.25) is 0 Å². The zero-order valence-electron chi connectivity index (χ0n) is 8.27. The lowest BCUT2D eigenvalue weighted by molar-refractivity contribution is 0.496. The van der Waals surface area contributed by atoms with E-state index >= 15 is 0 Å². The van der Waals surface area contributed by atoms with Crippen LogP contribution in [0.5, 0.6) is 0 Å². The Balaban J connectivity index is 2.57. The smallest absolute Gasteiger partial charge is 0.105 e. The van der Waals surface area contributed by atoms with Crippen LogP contribution < -0.4 is 5.32 Å². The van der Waals surface area contributed by atoms with Gasteiger partial charge in [0, 0.05) is 18.2 Å². The molecule has 1 aromatic rings. The molecule has 68 valence electrons. The van der Waals surface area contributed by atoms with Crippen LogP contribution in [0.2, 0.25) is 0 Å². The highest BCUT2D eigenvalue weighted by Gasteiger charge is 2.03. The summed E-state index contributed by atoms with van der Waals surface area (Å²) in [4.78, 5) is 0. The molecule has 12 heavy (non-hydrogen) atoms. The van der Waals surface area contributed by atoms with Crippen LogP contribution in [-0.4, -0.2) is 6.04 Å². The van der Waals surface area contributed by atoms with Gasteiger partial charge in [0.25, 0.3) is 0 Å². The Kier molecular flexibility index (Phi) is 2.93. The molecule has 0 aliphatic rings. The van der Waals surface area contributed by atoms with E-state index in [1.807, 2.05) is 13.8 Å². The Hall–Kier alpha value is -0.760. The van der Waals surface area contributed by atoms with E-state index in [-0.39, 0.29) is 0 Å². The van der Waals surface area contributed by atoms with Gasteiger partial charge in [0.05, 0.1) is 0 Å². The molecule has 0 aliphatic heterocycles. The number of hydrogen-bond donors (Lipinski definition) is 1. The topological polar surface area (TPSA) is 25.2 Å². The maximum absolute atomic E-state index is 5.41. The van der Waals surface area contributed by atoms with Crippen molar-refractivity contribution in [1.82, 2.24) is 5.32 Å². The molecule has 0 atom stereocenters. The molecule has 0 aromatic carbocycles. The molecule has 0 saturated carbocycles. The van der Waals surface area contributed by atoms with E-state index in [0.29, 0.717) is 6.04 Å². The van der Waals surface area contributed by atoms with Crippen molar-refractivity contribution in [3.8, 4) is 0 Å². The summed E-state index contributed by atoms with van der Waals surface area (Å²) in [6, 6.07) is 2.62. The summed E-state index contributed by atoms with van der Waals surface area (Å²) in [5, 5.41) is 3.36. The van der Waals surface area contributed by atoms with Gasteiger partial charge in [0.15, 0.2) is 0 Å². The first-order chi connectivity index (χ1) is 5.59. The summed E-state index contributed by atoms with van der Waals surface area (Å²) >= 11 is 0. The fraction of sp³-hybridized carbons (Fsp3) is 0.600. The summed E-state index contributed by atoms with van der Waals surface area (Å²) in [5.41, 5.74) is 1.27. The molecule has 0 spiro atoms. The molecule has 0 bridgehead atoms. The van der Waals surface area contributed by atoms with E-state index in [1.165, 1.54) is 5.56 Å². The molecule has 0 fully saturated rings. The molecule has 0 unspecified atom stereocenters. The minimum absolute atomic E-state index is 0.527. The molecular formula is C10H17NO. The molecule has 2 heteroatoms. The van der Waals surface area contributed by atoms with Gasteiger partial charge in [-0.15, -0.1) is 0 Å². The second-order valence-corrected chi connectivity index (χ2v) is 3.47. The van der Waals surface area contributed by atoms with Gasteiger partial charge in [-0.2, -0.15) is 0 Å². The average Bonchev–Trinajstić information content (AvgIpc) is 2.26. The van der Waals surface area contributed by atoms with Crippen molar-refractivity contribution in [2.24, 2.45) is 0 Å². The molecule has 0 radical (unpaired) electrons. The highest BCUT2D eigenvalue weighted by Crippen LogP contribution is 2.13. The lowest BCUT2D eigenvalue weighted by atomic mass is 10.2. The SMILES string of the molecule is Cc1cc(CNC(C)C)c(C)o1. The van der Waals surface area contributed by atoms with Crippen molar-refractivity contribution in [1.29, 1.82) is 0 Å². The average molecular weight is 167 g/mol. The maximum atomic E-state index is 5.41. The fourth-order valence-corrected chi connectivity index (χ4v) is 1.17. The summed E-state index contributed by atoms with van der Waals surface area (Å²) < 4.78 is 5.41.